The summed E-state index contributed by atoms with van der Waals surface area (Å²) in [5, 5.41) is 11.5. The molecule has 2 aromatic carbocycles. The number of guanidine groups is 1. The second-order valence-electron chi connectivity index (χ2n) is 7.07. The number of aliphatic imine (C=N–C) groups is 2. The SMILES string of the molecule is COC1=CC=C(c2ccccc2)[NH2+]/C1=N\C(N)=Nc1ccc(-n2cnc(C)c2)c(C#N)c1. The highest BCUT2D eigenvalue weighted by atomic mass is 16.5. The number of nitrogens with zero attached hydrogens (tertiary/aromatic N) is 5. The highest BCUT2D eigenvalue weighted by Gasteiger charge is 2.21. The van der Waals surface area contributed by atoms with Crippen molar-refractivity contribution in [3.05, 3.63) is 95.8 Å². The first-order chi connectivity index (χ1) is 15.6. The minimum atomic E-state index is 0.0589. The molecule has 8 heteroatoms. The zero-order valence-corrected chi connectivity index (χ0v) is 17.7. The summed E-state index contributed by atoms with van der Waals surface area (Å²) < 4.78 is 7.24. The average Bonchev–Trinajstić information content (AvgIpc) is 3.25. The van der Waals surface area contributed by atoms with E-state index in [9.17, 15) is 5.26 Å². The lowest BCUT2D eigenvalue weighted by Gasteiger charge is -2.13. The van der Waals surface area contributed by atoms with E-state index < -0.39 is 0 Å². The molecule has 0 amide bonds. The fourth-order valence-electron chi connectivity index (χ4n) is 3.33. The van der Waals surface area contributed by atoms with Gasteiger partial charge in [0.15, 0.2) is 0 Å². The van der Waals surface area contributed by atoms with Crippen molar-refractivity contribution >= 4 is 23.2 Å². The molecule has 4 rings (SSSR count). The fraction of sp³-hybridized carbons (Fsp3) is 0.0833. The molecule has 1 aromatic heterocycles. The predicted molar refractivity (Wildman–Crippen MR) is 123 cm³/mol. The number of benzene rings is 2. The Kier molecular flexibility index (Phi) is 5.92. The summed E-state index contributed by atoms with van der Waals surface area (Å²) in [6.07, 6.45) is 7.35. The monoisotopic (exact) mass is 424 g/mol. The van der Waals surface area contributed by atoms with Crippen LogP contribution in [0.25, 0.3) is 11.4 Å². The first kappa shape index (κ1) is 20.8. The van der Waals surface area contributed by atoms with E-state index >= 15 is 0 Å². The van der Waals surface area contributed by atoms with Gasteiger partial charge in [0.25, 0.3) is 5.84 Å². The molecule has 2 heterocycles. The van der Waals surface area contributed by atoms with E-state index in [4.69, 9.17) is 10.5 Å². The number of aromatic nitrogens is 2. The van der Waals surface area contributed by atoms with E-state index in [-0.39, 0.29) is 5.96 Å². The third-order valence-electron chi connectivity index (χ3n) is 4.86. The van der Waals surface area contributed by atoms with Crippen LogP contribution in [0.1, 0.15) is 16.8 Å². The molecule has 0 fully saturated rings. The predicted octanol–water partition coefficient (Wildman–Crippen LogP) is 2.55. The highest BCUT2D eigenvalue weighted by molar-refractivity contribution is 6.01. The Hall–Kier alpha value is -4.48. The number of imidazole rings is 1. The minimum Gasteiger partial charge on any atom is -0.490 e. The number of hydrogen-bond donors (Lipinski definition) is 2. The molecule has 0 saturated heterocycles. The Balaban J connectivity index is 1.62. The Morgan fingerprint density at radius 3 is 2.69 bits per heavy atom. The largest absolute Gasteiger partial charge is 0.490 e. The number of nitrogens with two attached hydrogens (primary N) is 2. The van der Waals surface area contributed by atoms with Crippen LogP contribution in [0.4, 0.5) is 5.69 Å². The second-order valence-corrected chi connectivity index (χ2v) is 7.07. The smallest absolute Gasteiger partial charge is 0.275 e. The van der Waals surface area contributed by atoms with Crippen molar-refractivity contribution in [3.8, 4) is 11.8 Å². The number of ether oxygens (including phenoxy) is 1. The molecule has 32 heavy (non-hydrogen) atoms. The molecule has 0 spiro atoms. The Morgan fingerprint density at radius 1 is 1.19 bits per heavy atom. The topological polar surface area (TPSA) is 118 Å². The summed E-state index contributed by atoms with van der Waals surface area (Å²) in [5.41, 5.74) is 10.8. The Bertz CT molecular complexity index is 1310. The van der Waals surface area contributed by atoms with Crippen molar-refractivity contribution in [1.29, 1.82) is 5.26 Å². The summed E-state index contributed by atoms with van der Waals surface area (Å²) in [6.45, 7) is 1.89. The molecular weight excluding hydrogens is 402 g/mol. The van der Waals surface area contributed by atoms with Crippen molar-refractivity contribution in [2.45, 2.75) is 6.92 Å². The van der Waals surface area contributed by atoms with Gasteiger partial charge in [-0.15, -0.1) is 0 Å². The molecule has 0 bridgehead atoms. The quantitative estimate of drug-likeness (QED) is 0.494. The van der Waals surface area contributed by atoms with Gasteiger partial charge in [0, 0.05) is 17.8 Å². The van der Waals surface area contributed by atoms with E-state index in [1.807, 2.05) is 67.0 Å². The van der Waals surface area contributed by atoms with Crippen LogP contribution >= 0.6 is 0 Å². The van der Waals surface area contributed by atoms with Crippen LogP contribution in [0.5, 0.6) is 0 Å². The molecule has 0 saturated carbocycles. The van der Waals surface area contributed by atoms with Crippen LogP contribution < -0.4 is 11.1 Å². The van der Waals surface area contributed by atoms with Gasteiger partial charge in [0.2, 0.25) is 11.7 Å². The molecule has 8 nitrogen and oxygen atoms in total. The molecule has 0 atom stereocenters. The normalized spacial score (nSPS) is 15.2. The first-order valence-electron chi connectivity index (χ1n) is 9.92. The van der Waals surface area contributed by atoms with Crippen LogP contribution in [-0.2, 0) is 4.74 Å². The maximum Gasteiger partial charge on any atom is 0.275 e. The molecule has 0 aliphatic carbocycles. The Morgan fingerprint density at radius 2 is 2.00 bits per heavy atom. The molecule has 1 aliphatic rings. The number of rotatable bonds is 4. The zero-order chi connectivity index (χ0) is 22.5. The van der Waals surface area contributed by atoms with E-state index in [0.29, 0.717) is 22.8 Å². The van der Waals surface area contributed by atoms with Crippen LogP contribution in [0.2, 0.25) is 0 Å². The van der Waals surface area contributed by atoms with E-state index in [0.717, 1.165) is 22.6 Å². The summed E-state index contributed by atoms with van der Waals surface area (Å²) in [4.78, 5) is 13.0. The number of amidine groups is 1. The molecule has 0 radical (unpaired) electrons. The van der Waals surface area contributed by atoms with Crippen LogP contribution in [0.3, 0.4) is 0 Å². The van der Waals surface area contributed by atoms with E-state index in [2.05, 4.69) is 21.0 Å². The first-order valence-corrected chi connectivity index (χ1v) is 9.92. The van der Waals surface area contributed by atoms with E-state index in [1.54, 1.807) is 30.1 Å². The van der Waals surface area contributed by atoms with Crippen molar-refractivity contribution in [2.24, 2.45) is 15.7 Å². The number of allylic oxidation sites excluding steroid dienone is 2. The van der Waals surface area contributed by atoms with Gasteiger partial charge in [0.05, 0.1) is 36.1 Å². The summed E-state index contributed by atoms with van der Waals surface area (Å²) in [7, 11) is 1.58. The molecule has 3 aromatic rings. The summed E-state index contributed by atoms with van der Waals surface area (Å²) in [5.74, 6) is 1.22. The average molecular weight is 424 g/mol. The lowest BCUT2D eigenvalue weighted by atomic mass is 10.1. The zero-order valence-electron chi connectivity index (χ0n) is 17.7. The van der Waals surface area contributed by atoms with Crippen molar-refractivity contribution in [3.63, 3.8) is 0 Å². The van der Waals surface area contributed by atoms with Crippen LogP contribution in [0.15, 0.2) is 89.0 Å². The maximum absolute atomic E-state index is 9.58. The van der Waals surface area contributed by atoms with Gasteiger partial charge in [-0.25, -0.2) is 9.98 Å². The molecule has 4 N–H and O–H groups in total. The number of aryl methyl sites for hydroxylation is 1. The molecule has 0 unspecified atom stereocenters. The second kappa shape index (κ2) is 9.12. The third kappa shape index (κ3) is 4.48. The van der Waals surface area contributed by atoms with Gasteiger partial charge in [-0.2, -0.15) is 10.3 Å². The summed E-state index contributed by atoms with van der Waals surface area (Å²) in [6, 6.07) is 17.4. The lowest BCUT2D eigenvalue weighted by Crippen LogP contribution is -2.86. The van der Waals surface area contributed by atoms with Gasteiger partial charge in [-0.1, -0.05) is 18.2 Å². The van der Waals surface area contributed by atoms with Gasteiger partial charge < -0.3 is 15.0 Å². The fourth-order valence-corrected chi connectivity index (χ4v) is 3.33. The van der Waals surface area contributed by atoms with Crippen LogP contribution in [-0.4, -0.2) is 28.5 Å². The van der Waals surface area contributed by atoms with Gasteiger partial charge in [0.1, 0.15) is 11.8 Å². The maximum atomic E-state index is 9.58. The van der Waals surface area contributed by atoms with Gasteiger partial charge >= 0.3 is 0 Å². The number of hydrogen-bond acceptors (Lipinski definition) is 4. The van der Waals surface area contributed by atoms with Gasteiger partial charge in [-0.3, -0.25) is 5.32 Å². The summed E-state index contributed by atoms with van der Waals surface area (Å²) >= 11 is 0. The lowest BCUT2D eigenvalue weighted by molar-refractivity contribution is -0.435. The minimum absolute atomic E-state index is 0.0589. The van der Waals surface area contributed by atoms with Crippen molar-refractivity contribution < 1.29 is 10.1 Å². The standard InChI is InChI=1S/C24H21N7O/c1-16-14-31(15-27-16)21-10-8-19(12-18(21)13-25)28-24(26)30-23-22(32-2)11-9-20(29-23)17-6-4-3-5-7-17/h3-12,14-15H,1-2H3,(H3,26,28,29,30)/p+1. The Labute approximate surface area is 185 Å². The molecular formula is C24H22N7O+. The molecule has 158 valence electrons. The third-order valence-corrected chi connectivity index (χ3v) is 4.86. The highest BCUT2D eigenvalue weighted by Crippen LogP contribution is 2.21. The van der Waals surface area contributed by atoms with Crippen molar-refractivity contribution in [1.82, 2.24) is 9.55 Å². The number of nitriles is 1. The number of methoxy groups -OCH3 is 1. The van der Waals surface area contributed by atoms with E-state index in [1.165, 1.54) is 0 Å². The van der Waals surface area contributed by atoms with Crippen molar-refractivity contribution in [2.75, 3.05) is 7.11 Å². The molecule has 1 aliphatic heterocycles. The van der Waals surface area contributed by atoms with Gasteiger partial charge in [-0.05, 0) is 43.3 Å². The van der Waals surface area contributed by atoms with Crippen LogP contribution in [0, 0.1) is 18.3 Å². The number of quaternary nitrogens is 1.